The van der Waals surface area contributed by atoms with Gasteiger partial charge in [0.2, 0.25) is 0 Å². The molecule has 1 saturated carbocycles. The lowest BCUT2D eigenvalue weighted by Crippen LogP contribution is -2.30. The number of amides is 1. The van der Waals surface area contributed by atoms with E-state index < -0.39 is 27.1 Å². The Bertz CT molecular complexity index is 836. The van der Waals surface area contributed by atoms with E-state index in [1.165, 1.54) is 0 Å². The standard InChI is InChI=1S/C18H17N3O5/c1-11-7-16(11)17(12-5-3-2-4-6-12)19-18(22)13-8-14(20(23)24)10-15(9-13)21(25)26/h2-6,8-11,16-17H,7H2,1H3,(H,19,22). The predicted molar refractivity (Wildman–Crippen MR) is 93.7 cm³/mol. The van der Waals surface area contributed by atoms with E-state index >= 15 is 0 Å². The van der Waals surface area contributed by atoms with Crippen LogP contribution >= 0.6 is 0 Å². The molecule has 2 aromatic rings. The van der Waals surface area contributed by atoms with Crippen molar-refractivity contribution in [2.45, 2.75) is 19.4 Å². The zero-order chi connectivity index (χ0) is 18.8. The number of carbonyl (C=O) groups is 1. The van der Waals surface area contributed by atoms with E-state index in [4.69, 9.17) is 0 Å². The maximum Gasteiger partial charge on any atom is 0.277 e. The summed E-state index contributed by atoms with van der Waals surface area (Å²) in [7, 11) is 0. The van der Waals surface area contributed by atoms with Crippen LogP contribution in [0.5, 0.6) is 0 Å². The normalized spacial score (nSPS) is 19.4. The van der Waals surface area contributed by atoms with Gasteiger partial charge in [0.1, 0.15) is 0 Å². The van der Waals surface area contributed by atoms with E-state index in [1.807, 2.05) is 30.3 Å². The largest absolute Gasteiger partial charge is 0.345 e. The van der Waals surface area contributed by atoms with Crippen LogP contribution in [0.1, 0.15) is 35.3 Å². The molecule has 1 aliphatic rings. The fourth-order valence-electron chi connectivity index (χ4n) is 3.07. The number of benzene rings is 2. The average Bonchev–Trinajstić information content (AvgIpc) is 3.35. The number of hydrogen-bond acceptors (Lipinski definition) is 5. The molecular weight excluding hydrogens is 338 g/mol. The number of rotatable bonds is 6. The van der Waals surface area contributed by atoms with Crippen LogP contribution in [0.3, 0.4) is 0 Å². The Morgan fingerprint density at radius 3 is 2.08 bits per heavy atom. The third kappa shape index (κ3) is 3.69. The average molecular weight is 355 g/mol. The molecule has 1 amide bonds. The smallest absolute Gasteiger partial charge is 0.277 e. The van der Waals surface area contributed by atoms with Crippen LogP contribution in [-0.2, 0) is 0 Å². The number of nitro benzene ring substituents is 2. The molecule has 2 aromatic carbocycles. The first-order chi connectivity index (χ1) is 12.4. The van der Waals surface area contributed by atoms with E-state index in [0.29, 0.717) is 5.92 Å². The molecule has 0 radical (unpaired) electrons. The summed E-state index contributed by atoms with van der Waals surface area (Å²) in [5, 5.41) is 24.9. The number of nitrogens with zero attached hydrogens (tertiary/aromatic N) is 2. The monoisotopic (exact) mass is 355 g/mol. The molecule has 26 heavy (non-hydrogen) atoms. The van der Waals surface area contributed by atoms with E-state index in [9.17, 15) is 25.0 Å². The van der Waals surface area contributed by atoms with Crippen molar-refractivity contribution < 1.29 is 14.6 Å². The van der Waals surface area contributed by atoms with Crippen LogP contribution in [0.2, 0.25) is 0 Å². The zero-order valence-electron chi connectivity index (χ0n) is 14.0. The first-order valence-corrected chi connectivity index (χ1v) is 8.16. The van der Waals surface area contributed by atoms with E-state index in [0.717, 1.165) is 30.2 Å². The fourth-order valence-corrected chi connectivity index (χ4v) is 3.07. The highest BCUT2D eigenvalue weighted by Crippen LogP contribution is 2.47. The summed E-state index contributed by atoms with van der Waals surface area (Å²) in [5.74, 6) is 0.166. The summed E-state index contributed by atoms with van der Waals surface area (Å²) < 4.78 is 0. The number of carbonyl (C=O) groups excluding carboxylic acids is 1. The van der Waals surface area contributed by atoms with Crippen LogP contribution in [0, 0.1) is 32.1 Å². The molecule has 1 fully saturated rings. The highest BCUT2D eigenvalue weighted by Gasteiger charge is 2.41. The van der Waals surface area contributed by atoms with E-state index in [2.05, 4.69) is 12.2 Å². The van der Waals surface area contributed by atoms with Gasteiger partial charge in [-0.3, -0.25) is 25.0 Å². The Hall–Kier alpha value is -3.29. The summed E-state index contributed by atoms with van der Waals surface area (Å²) in [4.78, 5) is 33.2. The quantitative estimate of drug-likeness (QED) is 0.627. The Morgan fingerprint density at radius 2 is 1.62 bits per heavy atom. The van der Waals surface area contributed by atoms with Gasteiger partial charge in [0.25, 0.3) is 17.3 Å². The van der Waals surface area contributed by atoms with Gasteiger partial charge in [0.15, 0.2) is 0 Å². The third-order valence-corrected chi connectivity index (χ3v) is 4.63. The number of non-ortho nitro benzene ring substituents is 2. The van der Waals surface area contributed by atoms with Crippen LogP contribution in [0.25, 0.3) is 0 Å². The van der Waals surface area contributed by atoms with Crippen molar-refractivity contribution in [3.05, 3.63) is 79.9 Å². The SMILES string of the molecule is CC1CC1C(NC(=O)c1cc([N+](=O)[O-])cc([N+](=O)[O-])c1)c1ccccc1. The molecule has 3 unspecified atom stereocenters. The lowest BCUT2D eigenvalue weighted by molar-refractivity contribution is -0.394. The van der Waals surface area contributed by atoms with Crippen molar-refractivity contribution in [3.8, 4) is 0 Å². The van der Waals surface area contributed by atoms with Gasteiger partial charge < -0.3 is 5.32 Å². The molecule has 0 spiro atoms. The summed E-state index contributed by atoms with van der Waals surface area (Å²) in [5.41, 5.74) is -0.129. The Kier molecular flexibility index (Phi) is 4.66. The summed E-state index contributed by atoms with van der Waals surface area (Å²) >= 11 is 0. The van der Waals surface area contributed by atoms with Crippen molar-refractivity contribution >= 4 is 17.3 Å². The van der Waals surface area contributed by atoms with Gasteiger partial charge >= 0.3 is 0 Å². The lowest BCUT2D eigenvalue weighted by atomic mass is 10.0. The molecule has 1 aliphatic carbocycles. The van der Waals surface area contributed by atoms with Gasteiger partial charge in [-0.2, -0.15) is 0 Å². The molecule has 0 heterocycles. The van der Waals surface area contributed by atoms with Crippen molar-refractivity contribution in [2.75, 3.05) is 0 Å². The van der Waals surface area contributed by atoms with Gasteiger partial charge in [-0.1, -0.05) is 37.3 Å². The third-order valence-electron chi connectivity index (χ3n) is 4.63. The number of nitrogens with one attached hydrogen (secondary N) is 1. The number of hydrogen-bond donors (Lipinski definition) is 1. The van der Waals surface area contributed by atoms with Gasteiger partial charge in [0, 0.05) is 12.1 Å². The minimum Gasteiger partial charge on any atom is -0.345 e. The molecule has 8 nitrogen and oxygen atoms in total. The topological polar surface area (TPSA) is 115 Å². The molecule has 0 aliphatic heterocycles. The first-order valence-electron chi connectivity index (χ1n) is 8.16. The second-order valence-corrected chi connectivity index (χ2v) is 6.49. The molecule has 1 N–H and O–H groups in total. The van der Waals surface area contributed by atoms with Crippen molar-refractivity contribution in [1.82, 2.24) is 5.32 Å². The van der Waals surface area contributed by atoms with E-state index in [1.54, 1.807) is 0 Å². The maximum absolute atomic E-state index is 12.7. The Balaban J connectivity index is 1.90. The van der Waals surface area contributed by atoms with Gasteiger partial charge in [-0.15, -0.1) is 0 Å². The van der Waals surface area contributed by atoms with E-state index in [-0.39, 0.29) is 17.5 Å². The Morgan fingerprint density at radius 1 is 1.08 bits per heavy atom. The van der Waals surface area contributed by atoms with Crippen LogP contribution in [0.4, 0.5) is 11.4 Å². The molecule has 3 atom stereocenters. The molecule has 8 heteroatoms. The maximum atomic E-state index is 12.7. The lowest BCUT2D eigenvalue weighted by Gasteiger charge is -2.19. The zero-order valence-corrected chi connectivity index (χ0v) is 14.0. The minimum absolute atomic E-state index is 0.0971. The predicted octanol–water partition coefficient (Wildman–Crippen LogP) is 3.63. The highest BCUT2D eigenvalue weighted by atomic mass is 16.6. The molecular formula is C18H17N3O5. The summed E-state index contributed by atoms with van der Waals surface area (Å²) in [6, 6.07) is 12.2. The molecule has 3 rings (SSSR count). The summed E-state index contributed by atoms with van der Waals surface area (Å²) in [6.45, 7) is 2.09. The van der Waals surface area contributed by atoms with Gasteiger partial charge in [0.05, 0.1) is 27.5 Å². The number of nitro groups is 2. The second kappa shape index (κ2) is 6.91. The van der Waals surface area contributed by atoms with Crippen molar-refractivity contribution in [2.24, 2.45) is 11.8 Å². The summed E-state index contributed by atoms with van der Waals surface area (Å²) in [6.07, 6.45) is 0.967. The molecule has 0 aromatic heterocycles. The fraction of sp³-hybridized carbons (Fsp3) is 0.278. The second-order valence-electron chi connectivity index (χ2n) is 6.49. The van der Waals surface area contributed by atoms with Crippen molar-refractivity contribution in [1.29, 1.82) is 0 Å². The molecule has 0 bridgehead atoms. The van der Waals surface area contributed by atoms with Crippen LogP contribution in [0.15, 0.2) is 48.5 Å². The molecule has 134 valence electrons. The van der Waals surface area contributed by atoms with Crippen LogP contribution < -0.4 is 5.32 Å². The molecule has 0 saturated heterocycles. The van der Waals surface area contributed by atoms with Gasteiger partial charge in [-0.25, -0.2) is 0 Å². The minimum atomic E-state index is -0.749. The van der Waals surface area contributed by atoms with Crippen molar-refractivity contribution in [3.63, 3.8) is 0 Å². The first kappa shape index (κ1) is 17.5. The van der Waals surface area contributed by atoms with Crippen LogP contribution in [-0.4, -0.2) is 15.8 Å². The Labute approximate surface area is 149 Å². The highest BCUT2D eigenvalue weighted by molar-refractivity contribution is 5.95. The van der Waals surface area contributed by atoms with Gasteiger partial charge in [-0.05, 0) is 23.8 Å².